The smallest absolute Gasteiger partial charge is 0.194 e. The summed E-state index contributed by atoms with van der Waals surface area (Å²) < 4.78 is 7.22. The lowest BCUT2D eigenvalue weighted by molar-refractivity contribution is 0.0861. The second-order valence-corrected chi connectivity index (χ2v) is 9.12. The van der Waals surface area contributed by atoms with Crippen LogP contribution < -0.4 is 5.32 Å². The predicted octanol–water partition coefficient (Wildman–Crippen LogP) is 2.05. The number of piperazine rings is 1. The molecule has 1 aromatic heterocycles. The molecule has 0 unspecified atom stereocenters. The summed E-state index contributed by atoms with van der Waals surface area (Å²) in [7, 11) is 3.72. The molecule has 2 fully saturated rings. The summed E-state index contributed by atoms with van der Waals surface area (Å²) in [6.45, 7) is 12.9. The second kappa shape index (κ2) is 11.1. The van der Waals surface area contributed by atoms with Gasteiger partial charge in [-0.15, -0.1) is 10.2 Å². The van der Waals surface area contributed by atoms with E-state index in [0.29, 0.717) is 13.2 Å². The SMILES string of the molecule is COCCNC(=NCc1nnc(C)n1C)N1CCN(C2CCC(C(C)C)CC2)CC1. The maximum Gasteiger partial charge on any atom is 0.194 e. The van der Waals surface area contributed by atoms with E-state index in [-0.39, 0.29) is 0 Å². The van der Waals surface area contributed by atoms with Crippen LogP contribution in [0.2, 0.25) is 0 Å². The summed E-state index contributed by atoms with van der Waals surface area (Å²) >= 11 is 0. The van der Waals surface area contributed by atoms with Crippen molar-refractivity contribution in [3.8, 4) is 0 Å². The van der Waals surface area contributed by atoms with Crippen molar-refractivity contribution in [2.45, 2.75) is 59.0 Å². The summed E-state index contributed by atoms with van der Waals surface area (Å²) in [5, 5.41) is 11.9. The van der Waals surface area contributed by atoms with Crippen molar-refractivity contribution in [3.63, 3.8) is 0 Å². The fourth-order valence-corrected chi connectivity index (χ4v) is 4.70. The third kappa shape index (κ3) is 5.94. The number of ether oxygens (including phenoxy) is 1. The highest BCUT2D eigenvalue weighted by Gasteiger charge is 2.30. The zero-order valence-electron chi connectivity index (χ0n) is 19.6. The number of aliphatic imine (C=N–C) groups is 1. The van der Waals surface area contributed by atoms with Crippen LogP contribution >= 0.6 is 0 Å². The monoisotopic (exact) mass is 419 g/mol. The van der Waals surface area contributed by atoms with Crippen molar-refractivity contribution < 1.29 is 4.74 Å². The van der Waals surface area contributed by atoms with E-state index in [9.17, 15) is 0 Å². The maximum atomic E-state index is 5.22. The quantitative estimate of drug-likeness (QED) is 0.414. The van der Waals surface area contributed by atoms with E-state index in [2.05, 4.69) is 39.2 Å². The Balaban J connectivity index is 1.55. The van der Waals surface area contributed by atoms with Gasteiger partial charge in [0.1, 0.15) is 12.4 Å². The number of aromatic nitrogens is 3. The van der Waals surface area contributed by atoms with Gasteiger partial charge in [-0.1, -0.05) is 13.8 Å². The molecule has 0 atom stereocenters. The summed E-state index contributed by atoms with van der Waals surface area (Å²) in [6, 6.07) is 0.769. The van der Waals surface area contributed by atoms with Gasteiger partial charge in [-0.25, -0.2) is 4.99 Å². The summed E-state index contributed by atoms with van der Waals surface area (Å²) in [4.78, 5) is 9.96. The number of hydrogen-bond donors (Lipinski definition) is 1. The highest BCUT2D eigenvalue weighted by atomic mass is 16.5. The molecular formula is C22H41N7O. The Bertz CT molecular complexity index is 671. The zero-order valence-corrected chi connectivity index (χ0v) is 19.6. The summed E-state index contributed by atoms with van der Waals surface area (Å²) in [6.07, 6.45) is 5.51. The Labute approximate surface area is 182 Å². The van der Waals surface area contributed by atoms with Crippen molar-refractivity contribution in [1.29, 1.82) is 0 Å². The molecule has 8 nitrogen and oxygen atoms in total. The van der Waals surface area contributed by atoms with E-state index >= 15 is 0 Å². The Morgan fingerprint density at radius 3 is 2.40 bits per heavy atom. The van der Waals surface area contributed by atoms with Gasteiger partial charge >= 0.3 is 0 Å². The third-order valence-corrected chi connectivity index (χ3v) is 6.96. The van der Waals surface area contributed by atoms with Crippen LogP contribution in [-0.2, 0) is 18.3 Å². The Morgan fingerprint density at radius 2 is 1.83 bits per heavy atom. The molecule has 3 rings (SSSR count). The normalized spacial score (nSPS) is 23.9. The van der Waals surface area contributed by atoms with Gasteiger partial charge in [0.05, 0.1) is 6.61 Å². The summed E-state index contributed by atoms with van der Waals surface area (Å²) in [5.41, 5.74) is 0. The average Bonchev–Trinajstić information content (AvgIpc) is 3.08. The molecule has 0 aromatic carbocycles. The highest BCUT2D eigenvalue weighted by molar-refractivity contribution is 5.80. The first-order valence-electron chi connectivity index (χ1n) is 11.6. The number of rotatable bonds is 7. The highest BCUT2D eigenvalue weighted by Crippen LogP contribution is 2.32. The van der Waals surface area contributed by atoms with Gasteiger partial charge in [-0.2, -0.15) is 0 Å². The topological polar surface area (TPSA) is 70.8 Å². The number of aryl methyl sites for hydroxylation is 1. The van der Waals surface area contributed by atoms with E-state index in [1.165, 1.54) is 25.7 Å². The van der Waals surface area contributed by atoms with Crippen LogP contribution in [0.4, 0.5) is 0 Å². The number of nitrogens with zero attached hydrogens (tertiary/aromatic N) is 6. The first-order chi connectivity index (χ1) is 14.5. The largest absolute Gasteiger partial charge is 0.383 e. The van der Waals surface area contributed by atoms with Crippen LogP contribution in [0, 0.1) is 18.8 Å². The molecule has 1 saturated heterocycles. The minimum atomic E-state index is 0.534. The lowest BCUT2D eigenvalue weighted by atomic mass is 9.79. The van der Waals surface area contributed by atoms with Crippen LogP contribution in [0.3, 0.4) is 0 Å². The molecule has 0 radical (unpaired) electrons. The molecule has 1 aliphatic heterocycles. The van der Waals surface area contributed by atoms with E-state index in [0.717, 1.165) is 68.2 Å². The van der Waals surface area contributed by atoms with E-state index in [1.54, 1.807) is 7.11 Å². The number of methoxy groups -OCH3 is 1. The maximum absolute atomic E-state index is 5.22. The molecule has 0 amide bonds. The summed E-state index contributed by atoms with van der Waals surface area (Å²) in [5.74, 6) is 4.51. The Kier molecular flexibility index (Phi) is 8.50. The first kappa shape index (κ1) is 23.0. The number of hydrogen-bond acceptors (Lipinski definition) is 5. The van der Waals surface area contributed by atoms with Gasteiger partial charge in [0.25, 0.3) is 0 Å². The predicted molar refractivity (Wildman–Crippen MR) is 120 cm³/mol. The van der Waals surface area contributed by atoms with Gasteiger partial charge in [0.15, 0.2) is 11.8 Å². The average molecular weight is 420 g/mol. The molecule has 1 aromatic rings. The fraction of sp³-hybridized carbons (Fsp3) is 0.864. The lowest BCUT2D eigenvalue weighted by Crippen LogP contribution is -2.55. The molecule has 0 bridgehead atoms. The molecule has 2 aliphatic rings. The van der Waals surface area contributed by atoms with Crippen molar-refractivity contribution in [1.82, 2.24) is 29.9 Å². The molecule has 2 heterocycles. The van der Waals surface area contributed by atoms with Crippen LogP contribution in [0.25, 0.3) is 0 Å². The zero-order chi connectivity index (χ0) is 21.5. The van der Waals surface area contributed by atoms with Crippen molar-refractivity contribution >= 4 is 5.96 Å². The van der Waals surface area contributed by atoms with E-state index < -0.39 is 0 Å². The molecule has 8 heteroatoms. The number of nitrogens with one attached hydrogen (secondary N) is 1. The first-order valence-corrected chi connectivity index (χ1v) is 11.6. The Hall–Kier alpha value is -1.67. The molecular weight excluding hydrogens is 378 g/mol. The minimum Gasteiger partial charge on any atom is -0.383 e. The second-order valence-electron chi connectivity index (χ2n) is 9.12. The molecule has 1 N–H and O–H groups in total. The standard InChI is InChI=1S/C22H41N7O/c1-17(2)19-6-8-20(9-7-19)28-11-13-29(14-12-28)22(23-10-15-30-5)24-16-21-26-25-18(3)27(21)4/h17,19-20H,6-16H2,1-5H3,(H,23,24). The van der Waals surface area contributed by atoms with Gasteiger partial charge in [0.2, 0.25) is 0 Å². The lowest BCUT2D eigenvalue weighted by Gasteiger charge is -2.43. The molecule has 30 heavy (non-hydrogen) atoms. The van der Waals surface area contributed by atoms with E-state index in [1.807, 2.05) is 18.5 Å². The van der Waals surface area contributed by atoms with Gasteiger partial charge in [-0.05, 0) is 44.4 Å². The van der Waals surface area contributed by atoms with E-state index in [4.69, 9.17) is 9.73 Å². The minimum absolute atomic E-state index is 0.534. The number of guanidine groups is 1. The molecule has 170 valence electrons. The molecule has 1 aliphatic carbocycles. The Morgan fingerprint density at radius 1 is 1.13 bits per heavy atom. The van der Waals surface area contributed by atoms with Crippen molar-refractivity contribution in [3.05, 3.63) is 11.6 Å². The van der Waals surface area contributed by atoms with Gasteiger partial charge in [-0.3, -0.25) is 4.90 Å². The molecule has 1 saturated carbocycles. The van der Waals surface area contributed by atoms with Crippen LogP contribution in [0.5, 0.6) is 0 Å². The van der Waals surface area contributed by atoms with Crippen molar-refractivity contribution in [2.75, 3.05) is 46.4 Å². The van der Waals surface area contributed by atoms with Gasteiger partial charge < -0.3 is 19.5 Å². The van der Waals surface area contributed by atoms with Crippen LogP contribution in [0.1, 0.15) is 51.2 Å². The van der Waals surface area contributed by atoms with Crippen LogP contribution in [0.15, 0.2) is 4.99 Å². The van der Waals surface area contributed by atoms with Crippen molar-refractivity contribution in [2.24, 2.45) is 23.9 Å². The van der Waals surface area contributed by atoms with Crippen LogP contribution in [-0.4, -0.2) is 83.0 Å². The fourth-order valence-electron chi connectivity index (χ4n) is 4.70. The van der Waals surface area contributed by atoms with Gasteiger partial charge in [0, 0.05) is 52.9 Å². The third-order valence-electron chi connectivity index (χ3n) is 6.96. The molecule has 0 spiro atoms.